The number of nitrogens with zero attached hydrogens (tertiary/aromatic N) is 2. The summed E-state index contributed by atoms with van der Waals surface area (Å²) in [6.45, 7) is 4.47. The Kier molecular flexibility index (Phi) is 4.49. The van der Waals surface area contributed by atoms with E-state index in [0.29, 0.717) is 12.4 Å². The lowest BCUT2D eigenvalue weighted by Crippen LogP contribution is -2.35. The van der Waals surface area contributed by atoms with Crippen molar-refractivity contribution in [2.45, 2.75) is 26.4 Å². The van der Waals surface area contributed by atoms with E-state index in [1.165, 1.54) is 21.9 Å². The number of aryl methyl sites for hydroxylation is 1. The van der Waals surface area contributed by atoms with E-state index in [-0.39, 0.29) is 5.56 Å². The Morgan fingerprint density at radius 2 is 1.79 bits per heavy atom. The SMILES string of the molecule is Cc1ccc(-c2nc3c(c(=O)[nH]2)CCN(Cc2cccc4ccccc24)C3)cc1. The Morgan fingerprint density at radius 3 is 2.66 bits per heavy atom. The molecule has 1 aliphatic rings. The first-order valence-corrected chi connectivity index (χ1v) is 10.1. The topological polar surface area (TPSA) is 49.0 Å². The van der Waals surface area contributed by atoms with E-state index >= 15 is 0 Å². The fourth-order valence-corrected chi connectivity index (χ4v) is 4.15. The van der Waals surface area contributed by atoms with Crippen molar-refractivity contribution >= 4 is 10.8 Å². The Hall–Kier alpha value is -3.24. The van der Waals surface area contributed by atoms with E-state index < -0.39 is 0 Å². The monoisotopic (exact) mass is 381 g/mol. The van der Waals surface area contributed by atoms with Crippen LogP contribution in [0, 0.1) is 6.92 Å². The fourth-order valence-electron chi connectivity index (χ4n) is 4.15. The van der Waals surface area contributed by atoms with E-state index in [1.54, 1.807) is 0 Å². The van der Waals surface area contributed by atoms with Gasteiger partial charge in [0.2, 0.25) is 0 Å². The Balaban J connectivity index is 1.45. The molecular weight excluding hydrogens is 358 g/mol. The van der Waals surface area contributed by atoms with Crippen molar-refractivity contribution in [1.29, 1.82) is 0 Å². The van der Waals surface area contributed by atoms with E-state index in [2.05, 4.69) is 59.3 Å². The predicted octanol–water partition coefficient (Wildman–Crippen LogP) is 4.46. The molecule has 4 aromatic rings. The number of fused-ring (bicyclic) bond motifs is 2. The largest absolute Gasteiger partial charge is 0.306 e. The van der Waals surface area contributed by atoms with Crippen LogP contribution in [0.2, 0.25) is 0 Å². The Morgan fingerprint density at radius 1 is 1.00 bits per heavy atom. The van der Waals surface area contributed by atoms with Gasteiger partial charge in [-0.15, -0.1) is 0 Å². The first-order valence-electron chi connectivity index (χ1n) is 10.1. The zero-order valence-electron chi connectivity index (χ0n) is 16.5. The minimum atomic E-state index is -0.00427. The number of nitrogens with one attached hydrogen (secondary N) is 1. The van der Waals surface area contributed by atoms with Gasteiger partial charge in [-0.2, -0.15) is 0 Å². The highest BCUT2D eigenvalue weighted by molar-refractivity contribution is 5.85. The summed E-state index contributed by atoms with van der Waals surface area (Å²) >= 11 is 0. The van der Waals surface area contributed by atoms with Crippen LogP contribution < -0.4 is 5.56 Å². The number of hydrogen-bond donors (Lipinski definition) is 1. The summed E-state index contributed by atoms with van der Waals surface area (Å²) in [6.07, 6.45) is 0.733. The second-order valence-electron chi connectivity index (χ2n) is 7.80. The molecule has 0 amide bonds. The molecular formula is C25H23N3O. The van der Waals surface area contributed by atoms with Gasteiger partial charge in [0.25, 0.3) is 5.56 Å². The zero-order valence-corrected chi connectivity index (χ0v) is 16.5. The normalized spacial score (nSPS) is 14.1. The molecule has 29 heavy (non-hydrogen) atoms. The summed E-state index contributed by atoms with van der Waals surface area (Å²) in [7, 11) is 0. The van der Waals surface area contributed by atoms with Gasteiger partial charge >= 0.3 is 0 Å². The minimum absolute atomic E-state index is 0.00427. The lowest BCUT2D eigenvalue weighted by Gasteiger charge is -2.28. The van der Waals surface area contributed by atoms with Crippen molar-refractivity contribution in [3.05, 3.63) is 99.5 Å². The summed E-state index contributed by atoms with van der Waals surface area (Å²) < 4.78 is 0. The van der Waals surface area contributed by atoms with E-state index in [4.69, 9.17) is 4.98 Å². The van der Waals surface area contributed by atoms with Crippen molar-refractivity contribution in [3.63, 3.8) is 0 Å². The van der Waals surface area contributed by atoms with Gasteiger partial charge in [-0.25, -0.2) is 4.98 Å². The minimum Gasteiger partial charge on any atom is -0.306 e. The summed E-state index contributed by atoms with van der Waals surface area (Å²) in [5.74, 6) is 0.653. The molecule has 1 aromatic heterocycles. The van der Waals surface area contributed by atoms with E-state index in [0.717, 1.165) is 36.3 Å². The molecule has 0 saturated heterocycles. The summed E-state index contributed by atoms with van der Waals surface area (Å²) in [6, 6.07) is 23.1. The van der Waals surface area contributed by atoms with Crippen molar-refractivity contribution in [3.8, 4) is 11.4 Å². The highest BCUT2D eigenvalue weighted by Gasteiger charge is 2.22. The zero-order chi connectivity index (χ0) is 19.8. The van der Waals surface area contributed by atoms with Crippen molar-refractivity contribution < 1.29 is 0 Å². The first-order chi connectivity index (χ1) is 14.2. The number of H-pyrrole nitrogens is 1. The molecule has 5 rings (SSSR count). The molecule has 0 saturated carbocycles. The smallest absolute Gasteiger partial charge is 0.254 e. The molecule has 0 radical (unpaired) electrons. The first kappa shape index (κ1) is 17.8. The van der Waals surface area contributed by atoms with E-state index in [1.807, 2.05) is 24.3 Å². The van der Waals surface area contributed by atoms with Gasteiger partial charge in [-0.1, -0.05) is 72.3 Å². The van der Waals surface area contributed by atoms with Crippen LogP contribution in [0.4, 0.5) is 0 Å². The highest BCUT2D eigenvalue weighted by atomic mass is 16.1. The molecule has 0 aliphatic carbocycles. The van der Waals surface area contributed by atoms with Crippen LogP contribution in [0.15, 0.2) is 71.5 Å². The molecule has 0 bridgehead atoms. The van der Waals surface area contributed by atoms with Crippen LogP contribution in [0.3, 0.4) is 0 Å². The maximum absolute atomic E-state index is 12.7. The van der Waals surface area contributed by atoms with Crippen molar-refractivity contribution in [2.24, 2.45) is 0 Å². The number of hydrogen-bond acceptors (Lipinski definition) is 3. The van der Waals surface area contributed by atoms with Gasteiger partial charge in [-0.3, -0.25) is 9.69 Å². The second-order valence-corrected chi connectivity index (χ2v) is 7.80. The number of aromatic amines is 1. The lowest BCUT2D eigenvalue weighted by atomic mass is 10.0. The summed E-state index contributed by atoms with van der Waals surface area (Å²) in [5, 5.41) is 2.55. The van der Waals surface area contributed by atoms with Crippen LogP contribution in [0.25, 0.3) is 22.2 Å². The summed E-state index contributed by atoms with van der Waals surface area (Å²) in [5.41, 5.74) is 5.17. The maximum atomic E-state index is 12.7. The quantitative estimate of drug-likeness (QED) is 0.570. The standard InChI is InChI=1S/C25H23N3O/c1-17-9-11-19(12-10-17)24-26-23-16-28(14-13-22(23)25(29)27-24)15-20-7-4-6-18-5-2-3-8-21(18)20/h2-12H,13-16H2,1H3,(H,26,27,29). The highest BCUT2D eigenvalue weighted by Crippen LogP contribution is 2.24. The average molecular weight is 381 g/mol. The van der Waals surface area contributed by atoms with Gasteiger partial charge in [0.05, 0.1) is 5.69 Å². The molecule has 0 atom stereocenters. The van der Waals surface area contributed by atoms with Crippen LogP contribution in [0.5, 0.6) is 0 Å². The second kappa shape index (κ2) is 7.30. The Labute approximate surface area is 169 Å². The van der Waals surface area contributed by atoms with Gasteiger partial charge in [0, 0.05) is 30.8 Å². The lowest BCUT2D eigenvalue weighted by molar-refractivity contribution is 0.241. The molecule has 0 spiro atoms. The van der Waals surface area contributed by atoms with Crippen LogP contribution >= 0.6 is 0 Å². The molecule has 1 N–H and O–H groups in total. The van der Waals surface area contributed by atoms with E-state index in [9.17, 15) is 4.79 Å². The Bertz CT molecular complexity index is 1240. The average Bonchev–Trinajstić information content (AvgIpc) is 2.74. The van der Waals surface area contributed by atoms with Crippen LogP contribution in [-0.4, -0.2) is 21.4 Å². The molecule has 0 unspecified atom stereocenters. The number of benzene rings is 3. The van der Waals surface area contributed by atoms with Gasteiger partial charge in [0.1, 0.15) is 5.82 Å². The fraction of sp³-hybridized carbons (Fsp3) is 0.200. The molecule has 3 aromatic carbocycles. The maximum Gasteiger partial charge on any atom is 0.254 e. The third-order valence-electron chi connectivity index (χ3n) is 5.75. The molecule has 2 heterocycles. The van der Waals surface area contributed by atoms with Gasteiger partial charge in [-0.05, 0) is 29.7 Å². The van der Waals surface area contributed by atoms with Crippen molar-refractivity contribution in [2.75, 3.05) is 6.54 Å². The van der Waals surface area contributed by atoms with Gasteiger partial charge in [0.15, 0.2) is 0 Å². The third kappa shape index (κ3) is 3.47. The molecule has 144 valence electrons. The molecule has 0 fully saturated rings. The summed E-state index contributed by atoms with van der Waals surface area (Å²) in [4.78, 5) is 22.8. The predicted molar refractivity (Wildman–Crippen MR) is 117 cm³/mol. The number of aromatic nitrogens is 2. The molecule has 1 aliphatic heterocycles. The van der Waals surface area contributed by atoms with Crippen LogP contribution in [-0.2, 0) is 19.5 Å². The van der Waals surface area contributed by atoms with Crippen LogP contribution in [0.1, 0.15) is 22.4 Å². The number of rotatable bonds is 3. The molecule has 4 heteroatoms. The third-order valence-corrected chi connectivity index (χ3v) is 5.75. The van der Waals surface area contributed by atoms with Gasteiger partial charge < -0.3 is 4.98 Å². The molecule has 4 nitrogen and oxygen atoms in total. The van der Waals surface area contributed by atoms with Crippen molar-refractivity contribution in [1.82, 2.24) is 14.9 Å².